The minimum atomic E-state index is -0.758. The lowest BCUT2D eigenvalue weighted by molar-refractivity contribution is 0.538. The average Bonchev–Trinajstić information content (AvgIpc) is 2.63. The van der Waals surface area contributed by atoms with Gasteiger partial charge in [-0.1, -0.05) is 29.8 Å². The summed E-state index contributed by atoms with van der Waals surface area (Å²) in [7, 11) is 0. The summed E-state index contributed by atoms with van der Waals surface area (Å²) in [4.78, 5) is 12.0. The van der Waals surface area contributed by atoms with Crippen LogP contribution in [0, 0.1) is 18.8 Å². The maximum absolute atomic E-state index is 13.4. The van der Waals surface area contributed by atoms with Crippen molar-refractivity contribution in [3.63, 3.8) is 0 Å². The van der Waals surface area contributed by atoms with Crippen LogP contribution >= 0.6 is 23.5 Å². The van der Waals surface area contributed by atoms with E-state index in [4.69, 9.17) is 11.6 Å². The molecule has 8 heteroatoms. The minimum absolute atomic E-state index is 0.0720. The molecule has 1 aromatic carbocycles. The second-order valence-electron chi connectivity index (χ2n) is 5.25. The third kappa shape index (κ3) is 4.56. The SMILES string of the molecule is Cc1nc(NSc2cccc(F)c2Cl)ccc1/C=C/c1cnc(F)nc1. The maximum Gasteiger partial charge on any atom is 0.308 e. The number of nitrogens with zero attached hydrogens (tertiary/aromatic N) is 3. The molecule has 2 heterocycles. The molecular formula is C18H13ClF2N4S. The van der Waals surface area contributed by atoms with Crippen molar-refractivity contribution in [2.45, 2.75) is 11.8 Å². The highest BCUT2D eigenvalue weighted by Gasteiger charge is 2.07. The summed E-state index contributed by atoms with van der Waals surface area (Å²) < 4.78 is 29.2. The van der Waals surface area contributed by atoms with Crippen LogP contribution in [0.15, 0.2) is 47.6 Å². The van der Waals surface area contributed by atoms with Crippen molar-refractivity contribution in [3.05, 3.63) is 76.5 Å². The van der Waals surface area contributed by atoms with Gasteiger partial charge in [-0.25, -0.2) is 19.3 Å². The zero-order chi connectivity index (χ0) is 18.5. The number of rotatable bonds is 5. The predicted octanol–water partition coefficient (Wildman–Crippen LogP) is 5.40. The summed E-state index contributed by atoms with van der Waals surface area (Å²) in [6.07, 6.45) is 5.66. The van der Waals surface area contributed by atoms with Crippen molar-refractivity contribution >= 4 is 41.5 Å². The molecule has 0 saturated heterocycles. The quantitative estimate of drug-likeness (QED) is 0.467. The first-order valence-electron chi connectivity index (χ1n) is 7.53. The molecule has 0 aliphatic rings. The summed E-state index contributed by atoms with van der Waals surface area (Å²) in [5.74, 6) is 0.156. The topological polar surface area (TPSA) is 50.7 Å². The molecule has 3 rings (SSSR count). The van der Waals surface area contributed by atoms with Crippen molar-refractivity contribution in [3.8, 4) is 0 Å². The smallest absolute Gasteiger partial charge is 0.308 e. The van der Waals surface area contributed by atoms with Crippen LogP contribution in [0.3, 0.4) is 0 Å². The molecule has 4 nitrogen and oxygen atoms in total. The molecule has 0 aliphatic carbocycles. The average molecular weight is 391 g/mol. The first kappa shape index (κ1) is 18.3. The van der Waals surface area contributed by atoms with Gasteiger partial charge in [-0.15, -0.1) is 0 Å². The van der Waals surface area contributed by atoms with E-state index < -0.39 is 11.9 Å². The van der Waals surface area contributed by atoms with Crippen LogP contribution in [0.2, 0.25) is 5.02 Å². The van der Waals surface area contributed by atoms with E-state index in [9.17, 15) is 8.78 Å². The van der Waals surface area contributed by atoms with E-state index in [1.165, 1.54) is 30.4 Å². The predicted molar refractivity (Wildman–Crippen MR) is 101 cm³/mol. The van der Waals surface area contributed by atoms with Crippen molar-refractivity contribution in [2.24, 2.45) is 0 Å². The van der Waals surface area contributed by atoms with Gasteiger partial charge in [-0.2, -0.15) is 4.39 Å². The highest BCUT2D eigenvalue weighted by molar-refractivity contribution is 8.00. The zero-order valence-electron chi connectivity index (χ0n) is 13.6. The van der Waals surface area contributed by atoms with E-state index in [1.807, 2.05) is 19.1 Å². The van der Waals surface area contributed by atoms with Gasteiger partial charge in [0.05, 0.1) is 9.92 Å². The maximum atomic E-state index is 13.4. The summed E-state index contributed by atoms with van der Waals surface area (Å²) >= 11 is 7.11. The monoisotopic (exact) mass is 390 g/mol. The number of aryl methyl sites for hydroxylation is 1. The molecule has 0 fully saturated rings. The Kier molecular flexibility index (Phi) is 5.80. The molecule has 0 radical (unpaired) electrons. The number of benzene rings is 1. The number of halogens is 3. The number of nitrogens with one attached hydrogen (secondary N) is 1. The largest absolute Gasteiger partial charge is 0.310 e. The van der Waals surface area contributed by atoms with Crippen LogP contribution in [0.25, 0.3) is 12.2 Å². The van der Waals surface area contributed by atoms with Crippen molar-refractivity contribution in [1.29, 1.82) is 0 Å². The Bertz CT molecular complexity index is 948. The van der Waals surface area contributed by atoms with E-state index in [-0.39, 0.29) is 5.02 Å². The van der Waals surface area contributed by atoms with Crippen LogP contribution in [0.5, 0.6) is 0 Å². The van der Waals surface area contributed by atoms with Gasteiger partial charge in [0, 0.05) is 23.7 Å². The molecule has 0 aliphatic heterocycles. The molecule has 3 aromatic rings. The molecule has 0 bridgehead atoms. The van der Waals surface area contributed by atoms with Gasteiger partial charge in [0.25, 0.3) is 0 Å². The van der Waals surface area contributed by atoms with Gasteiger partial charge >= 0.3 is 6.08 Å². The molecule has 0 spiro atoms. The van der Waals surface area contributed by atoms with E-state index in [2.05, 4.69) is 19.7 Å². The number of anilines is 1. The van der Waals surface area contributed by atoms with Crippen LogP contribution in [0.4, 0.5) is 14.6 Å². The van der Waals surface area contributed by atoms with Crippen LogP contribution < -0.4 is 4.72 Å². The number of aromatic nitrogens is 3. The highest BCUT2D eigenvalue weighted by atomic mass is 35.5. The Balaban J connectivity index is 1.69. The third-order valence-electron chi connectivity index (χ3n) is 3.40. The van der Waals surface area contributed by atoms with Crippen LogP contribution in [-0.4, -0.2) is 15.0 Å². The molecule has 0 saturated carbocycles. The second kappa shape index (κ2) is 8.25. The van der Waals surface area contributed by atoms with Crippen molar-refractivity contribution in [2.75, 3.05) is 4.72 Å². The van der Waals surface area contributed by atoms with Gasteiger partial charge < -0.3 is 4.72 Å². The van der Waals surface area contributed by atoms with Gasteiger partial charge in [0.1, 0.15) is 11.6 Å². The Hall–Kier alpha value is -2.51. The lowest BCUT2D eigenvalue weighted by atomic mass is 10.1. The molecule has 0 atom stereocenters. The normalized spacial score (nSPS) is 11.1. The Morgan fingerprint density at radius 2 is 1.85 bits per heavy atom. The van der Waals surface area contributed by atoms with Crippen molar-refractivity contribution < 1.29 is 8.78 Å². The standard InChI is InChI=1S/C18H13ClF2N4S/c1-11-13(6-5-12-9-22-18(21)23-10-12)7-8-16(24-11)25-26-15-4-2-3-14(20)17(15)19/h2-10H,1H3,(H,24,25)/b6-5+. The first-order valence-corrected chi connectivity index (χ1v) is 8.72. The Labute approximate surface area is 158 Å². The van der Waals surface area contributed by atoms with E-state index >= 15 is 0 Å². The zero-order valence-corrected chi connectivity index (χ0v) is 15.2. The lowest BCUT2D eigenvalue weighted by Crippen LogP contribution is -1.95. The van der Waals surface area contributed by atoms with Crippen LogP contribution in [0.1, 0.15) is 16.8 Å². The third-order valence-corrected chi connectivity index (χ3v) is 4.77. The fourth-order valence-electron chi connectivity index (χ4n) is 2.07. The number of pyridine rings is 1. The summed E-state index contributed by atoms with van der Waals surface area (Å²) in [6.45, 7) is 1.87. The Morgan fingerprint density at radius 3 is 2.58 bits per heavy atom. The lowest BCUT2D eigenvalue weighted by Gasteiger charge is -2.08. The molecule has 0 unspecified atom stereocenters. The van der Waals surface area contributed by atoms with Gasteiger partial charge in [-0.05, 0) is 48.7 Å². The molecule has 0 amide bonds. The molecule has 1 N–H and O–H groups in total. The van der Waals surface area contributed by atoms with Gasteiger partial charge in [-0.3, -0.25) is 0 Å². The summed E-state index contributed by atoms with van der Waals surface area (Å²) in [6, 6.07) is 8.31. The minimum Gasteiger partial charge on any atom is -0.310 e. The second-order valence-corrected chi connectivity index (χ2v) is 6.47. The van der Waals surface area contributed by atoms with E-state index in [0.717, 1.165) is 11.3 Å². The van der Waals surface area contributed by atoms with E-state index in [1.54, 1.807) is 24.3 Å². The fourth-order valence-corrected chi connectivity index (χ4v) is 2.97. The van der Waals surface area contributed by atoms with Crippen molar-refractivity contribution in [1.82, 2.24) is 15.0 Å². The Morgan fingerprint density at radius 1 is 1.08 bits per heavy atom. The summed E-state index contributed by atoms with van der Waals surface area (Å²) in [5, 5.41) is 0.0720. The van der Waals surface area contributed by atoms with Gasteiger partial charge in [0.15, 0.2) is 0 Å². The number of hydrogen-bond donors (Lipinski definition) is 1. The molecule has 2 aromatic heterocycles. The first-order chi connectivity index (χ1) is 12.5. The van der Waals surface area contributed by atoms with Gasteiger partial charge in [0.2, 0.25) is 0 Å². The highest BCUT2D eigenvalue weighted by Crippen LogP contribution is 2.29. The van der Waals surface area contributed by atoms with E-state index in [0.29, 0.717) is 16.3 Å². The molecule has 26 heavy (non-hydrogen) atoms. The fraction of sp³-hybridized carbons (Fsp3) is 0.0556. The number of hydrogen-bond acceptors (Lipinski definition) is 5. The molecule has 132 valence electrons. The van der Waals surface area contributed by atoms with Crippen LogP contribution in [-0.2, 0) is 0 Å². The molecular weight excluding hydrogens is 378 g/mol. The summed E-state index contributed by atoms with van der Waals surface area (Å²) in [5.41, 5.74) is 2.37.